The summed E-state index contributed by atoms with van der Waals surface area (Å²) in [4.78, 5) is 0. The largest absolute Gasteiger partial charge is 0.333 e. The van der Waals surface area contributed by atoms with Crippen LogP contribution in [0.1, 0.15) is 17.0 Å². The van der Waals surface area contributed by atoms with Crippen LogP contribution in [0.15, 0.2) is 60.7 Å². The molecule has 0 spiro atoms. The van der Waals surface area contributed by atoms with Gasteiger partial charge in [0.15, 0.2) is 0 Å². The lowest BCUT2D eigenvalue weighted by molar-refractivity contribution is 0.306. The van der Waals surface area contributed by atoms with Gasteiger partial charge in [0, 0.05) is 5.92 Å². The molecule has 5 heteroatoms. The molecule has 0 aliphatic heterocycles. The van der Waals surface area contributed by atoms with Gasteiger partial charge in [-0.25, -0.2) is 5.14 Å². The number of hydrogen-bond acceptors (Lipinski definition) is 3. The number of hydrogen-bond donors (Lipinski definition) is 1. The lowest BCUT2D eigenvalue weighted by Crippen LogP contribution is -2.20. The Balaban J connectivity index is 2.29. The predicted octanol–water partition coefficient (Wildman–Crippen LogP) is 2.04. The Hall–Kier alpha value is -1.69. The third kappa shape index (κ3) is 4.17. The summed E-state index contributed by atoms with van der Waals surface area (Å²) in [5.74, 6) is -0.166. The minimum absolute atomic E-state index is 0.00708. The molecule has 0 aliphatic carbocycles. The predicted molar refractivity (Wildman–Crippen MR) is 73.8 cm³/mol. The summed E-state index contributed by atoms with van der Waals surface area (Å²) in [6, 6.07) is 19.2. The molecule has 0 heterocycles. The van der Waals surface area contributed by atoms with Crippen LogP contribution >= 0.6 is 0 Å². The molecule has 0 amide bonds. The Morgan fingerprint density at radius 2 is 1.32 bits per heavy atom. The van der Waals surface area contributed by atoms with E-state index in [-0.39, 0.29) is 12.5 Å². The van der Waals surface area contributed by atoms with Gasteiger partial charge in [0.2, 0.25) is 0 Å². The monoisotopic (exact) mass is 277 g/mol. The zero-order valence-corrected chi connectivity index (χ0v) is 11.1. The van der Waals surface area contributed by atoms with Crippen LogP contribution < -0.4 is 5.14 Å². The van der Waals surface area contributed by atoms with E-state index in [0.717, 1.165) is 11.1 Å². The van der Waals surface area contributed by atoms with Crippen LogP contribution in [0.5, 0.6) is 0 Å². The molecule has 2 aromatic rings. The van der Waals surface area contributed by atoms with Crippen LogP contribution in [0.25, 0.3) is 0 Å². The highest BCUT2D eigenvalue weighted by Crippen LogP contribution is 2.24. The summed E-state index contributed by atoms with van der Waals surface area (Å²) >= 11 is 0. The first kappa shape index (κ1) is 13.7. The third-order valence-electron chi connectivity index (χ3n) is 2.80. The summed E-state index contributed by atoms with van der Waals surface area (Å²) < 4.78 is 26.7. The molecule has 0 atom stereocenters. The van der Waals surface area contributed by atoms with Crippen LogP contribution in [0.3, 0.4) is 0 Å². The Morgan fingerprint density at radius 1 is 0.895 bits per heavy atom. The third-order valence-corrected chi connectivity index (χ3v) is 3.27. The maximum Gasteiger partial charge on any atom is 0.333 e. The molecule has 0 radical (unpaired) electrons. The van der Waals surface area contributed by atoms with E-state index in [1.807, 2.05) is 60.7 Å². The molecule has 0 aliphatic rings. The van der Waals surface area contributed by atoms with Crippen molar-refractivity contribution in [2.24, 2.45) is 5.14 Å². The van der Waals surface area contributed by atoms with Gasteiger partial charge < -0.3 is 0 Å². The molecule has 0 bridgehead atoms. The minimum Gasteiger partial charge on any atom is -0.257 e. The molecular formula is C14H15NO3S. The van der Waals surface area contributed by atoms with Crippen molar-refractivity contribution in [1.29, 1.82) is 0 Å². The minimum atomic E-state index is -3.94. The van der Waals surface area contributed by atoms with Gasteiger partial charge in [0.05, 0.1) is 6.61 Å². The highest BCUT2D eigenvalue weighted by Gasteiger charge is 2.16. The van der Waals surface area contributed by atoms with Gasteiger partial charge >= 0.3 is 10.3 Å². The van der Waals surface area contributed by atoms with Gasteiger partial charge in [0.25, 0.3) is 0 Å². The van der Waals surface area contributed by atoms with E-state index < -0.39 is 10.3 Å². The molecule has 2 rings (SSSR count). The standard InChI is InChI=1S/C14H15NO3S/c15-19(16,17)18-11-14(12-7-3-1-4-8-12)13-9-5-2-6-10-13/h1-10,14H,11H2,(H2,15,16,17). The molecule has 100 valence electrons. The van der Waals surface area contributed by atoms with Crippen LogP contribution in [0, 0.1) is 0 Å². The molecule has 0 saturated carbocycles. The Bertz CT molecular complexity index is 572. The van der Waals surface area contributed by atoms with Crippen molar-refractivity contribution in [2.45, 2.75) is 5.92 Å². The first-order valence-electron chi connectivity index (χ1n) is 5.83. The van der Waals surface area contributed by atoms with Gasteiger partial charge in [-0.15, -0.1) is 0 Å². The maximum atomic E-state index is 11.0. The SMILES string of the molecule is NS(=O)(=O)OCC(c1ccccc1)c1ccccc1. The number of nitrogens with two attached hydrogens (primary N) is 1. The van der Waals surface area contributed by atoms with Crippen LogP contribution in [0.2, 0.25) is 0 Å². The van der Waals surface area contributed by atoms with Gasteiger partial charge in [-0.3, -0.25) is 4.18 Å². The van der Waals surface area contributed by atoms with Gasteiger partial charge in [-0.05, 0) is 11.1 Å². The zero-order chi connectivity index (χ0) is 13.7. The van der Waals surface area contributed by atoms with Crippen molar-refractivity contribution in [3.63, 3.8) is 0 Å². The van der Waals surface area contributed by atoms with Gasteiger partial charge in [-0.1, -0.05) is 60.7 Å². The fraction of sp³-hybridized carbons (Fsp3) is 0.143. The van der Waals surface area contributed by atoms with Crippen molar-refractivity contribution in [3.8, 4) is 0 Å². The summed E-state index contributed by atoms with van der Waals surface area (Å²) in [6.45, 7) is -0.00708. The highest BCUT2D eigenvalue weighted by atomic mass is 32.2. The van der Waals surface area contributed by atoms with Crippen LogP contribution in [-0.4, -0.2) is 15.0 Å². The smallest absolute Gasteiger partial charge is 0.257 e. The summed E-state index contributed by atoms with van der Waals surface area (Å²) in [7, 11) is -3.94. The van der Waals surface area contributed by atoms with E-state index in [2.05, 4.69) is 0 Å². The first-order chi connectivity index (χ1) is 9.06. The van der Waals surface area contributed by atoms with Crippen molar-refractivity contribution in [3.05, 3.63) is 71.8 Å². The number of benzene rings is 2. The van der Waals surface area contributed by atoms with Gasteiger partial charge in [-0.2, -0.15) is 8.42 Å². The Labute approximate surface area is 113 Å². The lowest BCUT2D eigenvalue weighted by atomic mass is 9.92. The lowest BCUT2D eigenvalue weighted by Gasteiger charge is -2.17. The topological polar surface area (TPSA) is 69.4 Å². The Kier molecular flexibility index (Phi) is 4.31. The van der Waals surface area contributed by atoms with E-state index in [1.54, 1.807) is 0 Å². The van der Waals surface area contributed by atoms with Crippen LogP contribution in [-0.2, 0) is 14.5 Å². The molecular weight excluding hydrogens is 262 g/mol. The van der Waals surface area contributed by atoms with Crippen molar-refractivity contribution < 1.29 is 12.6 Å². The summed E-state index contributed by atoms with van der Waals surface area (Å²) in [5.41, 5.74) is 1.97. The summed E-state index contributed by atoms with van der Waals surface area (Å²) in [5, 5.41) is 4.89. The molecule has 4 nitrogen and oxygen atoms in total. The average Bonchev–Trinajstić information content (AvgIpc) is 2.40. The quantitative estimate of drug-likeness (QED) is 0.909. The maximum absolute atomic E-state index is 11.0. The van der Waals surface area contributed by atoms with Crippen molar-refractivity contribution in [1.82, 2.24) is 0 Å². The molecule has 19 heavy (non-hydrogen) atoms. The Morgan fingerprint density at radius 3 is 1.68 bits per heavy atom. The fourth-order valence-electron chi connectivity index (χ4n) is 1.92. The van der Waals surface area contributed by atoms with E-state index in [0.29, 0.717) is 0 Å². The molecule has 2 N–H and O–H groups in total. The molecule has 0 unspecified atom stereocenters. The van der Waals surface area contributed by atoms with E-state index in [1.165, 1.54) is 0 Å². The molecule has 2 aromatic carbocycles. The first-order valence-corrected chi connectivity index (χ1v) is 7.30. The molecule has 0 aromatic heterocycles. The normalized spacial score (nSPS) is 11.7. The second-order valence-electron chi connectivity index (χ2n) is 4.15. The van der Waals surface area contributed by atoms with Gasteiger partial charge in [0.1, 0.15) is 0 Å². The van der Waals surface area contributed by atoms with Crippen LogP contribution in [0.4, 0.5) is 0 Å². The second kappa shape index (κ2) is 5.97. The molecule has 0 saturated heterocycles. The number of rotatable bonds is 5. The second-order valence-corrected chi connectivity index (χ2v) is 5.37. The molecule has 0 fully saturated rings. The van der Waals surface area contributed by atoms with E-state index in [4.69, 9.17) is 9.32 Å². The fourth-order valence-corrected chi connectivity index (χ4v) is 2.24. The summed E-state index contributed by atoms with van der Waals surface area (Å²) in [6.07, 6.45) is 0. The zero-order valence-electron chi connectivity index (χ0n) is 10.3. The average molecular weight is 277 g/mol. The van der Waals surface area contributed by atoms with Crippen molar-refractivity contribution >= 4 is 10.3 Å². The highest BCUT2D eigenvalue weighted by molar-refractivity contribution is 7.84. The van der Waals surface area contributed by atoms with E-state index >= 15 is 0 Å². The van der Waals surface area contributed by atoms with Crippen molar-refractivity contribution in [2.75, 3.05) is 6.61 Å². The van der Waals surface area contributed by atoms with E-state index in [9.17, 15) is 8.42 Å².